The zero-order valence-corrected chi connectivity index (χ0v) is 9.09. The number of hydrogen-bond donors (Lipinski definition) is 1. The number of carbonyl (C=O) groups is 1. The van der Waals surface area contributed by atoms with Crippen molar-refractivity contribution in [1.29, 1.82) is 0 Å². The molecule has 0 saturated carbocycles. The highest BCUT2D eigenvalue weighted by molar-refractivity contribution is 6.17. The number of halogens is 3. The maximum absolute atomic E-state index is 12.7. The predicted octanol–water partition coefficient (Wildman–Crippen LogP) is 2.13. The monoisotopic (exact) mass is 250 g/mol. The van der Waals surface area contributed by atoms with Crippen molar-refractivity contribution in [3.05, 3.63) is 23.0 Å². The van der Waals surface area contributed by atoms with Crippen LogP contribution in [0, 0.1) is 0 Å². The van der Waals surface area contributed by atoms with Crippen molar-refractivity contribution in [2.45, 2.75) is 12.3 Å². The molecule has 1 aromatic rings. The van der Waals surface area contributed by atoms with Gasteiger partial charge in [-0.15, -0.1) is 11.6 Å². The topological polar surface area (TPSA) is 65.2 Å². The molecule has 2 N–H and O–H groups in total. The summed E-state index contributed by atoms with van der Waals surface area (Å²) in [5, 5.41) is 0. The molecule has 0 aromatic carbocycles. The molecule has 1 rings (SSSR count). The Hall–Kier alpha value is -1.43. The summed E-state index contributed by atoms with van der Waals surface area (Å²) in [6.45, 7) is 0. The van der Waals surface area contributed by atoms with Crippen molar-refractivity contribution in [3.63, 3.8) is 0 Å². The molecule has 1 heterocycles. The number of methoxy groups -OCH3 is 1. The third-order valence-electron chi connectivity index (χ3n) is 1.99. The number of anilines is 1. The van der Waals surface area contributed by atoms with Crippen LogP contribution in [-0.4, -0.2) is 18.1 Å². The van der Waals surface area contributed by atoms with E-state index in [1.165, 1.54) is 0 Å². The number of hydrogen-bond acceptors (Lipinski definition) is 4. The fraction of sp³-hybridized carbons (Fsp3) is 0.333. The summed E-state index contributed by atoms with van der Waals surface area (Å²) in [7, 11) is 1.13. The van der Waals surface area contributed by atoms with E-state index in [9.17, 15) is 13.6 Å². The van der Waals surface area contributed by atoms with E-state index >= 15 is 0 Å². The Morgan fingerprint density at radius 2 is 2.31 bits per heavy atom. The fourth-order valence-electron chi connectivity index (χ4n) is 1.25. The van der Waals surface area contributed by atoms with Crippen molar-refractivity contribution < 1.29 is 18.3 Å². The van der Waals surface area contributed by atoms with Crippen molar-refractivity contribution >= 4 is 23.3 Å². The van der Waals surface area contributed by atoms with Crippen LogP contribution in [0.3, 0.4) is 0 Å². The second-order valence-corrected chi connectivity index (χ2v) is 3.15. The molecule has 0 spiro atoms. The van der Waals surface area contributed by atoms with Crippen LogP contribution in [0.25, 0.3) is 0 Å². The summed E-state index contributed by atoms with van der Waals surface area (Å²) >= 11 is 5.52. The number of rotatable bonds is 3. The Morgan fingerprint density at radius 3 is 2.75 bits per heavy atom. The van der Waals surface area contributed by atoms with E-state index in [4.69, 9.17) is 17.3 Å². The Labute approximate surface area is 95.4 Å². The predicted molar refractivity (Wildman–Crippen MR) is 54.5 cm³/mol. The summed E-state index contributed by atoms with van der Waals surface area (Å²) < 4.78 is 29.8. The van der Waals surface area contributed by atoms with Gasteiger partial charge in [-0.3, -0.25) is 0 Å². The van der Waals surface area contributed by atoms with Gasteiger partial charge >= 0.3 is 5.97 Å². The number of nitrogens with zero attached hydrogens (tertiary/aromatic N) is 1. The number of aromatic nitrogens is 1. The van der Waals surface area contributed by atoms with Crippen LogP contribution in [-0.2, 0) is 10.6 Å². The number of ether oxygens (including phenoxy) is 1. The van der Waals surface area contributed by atoms with Gasteiger partial charge in [-0.05, 0) is 0 Å². The van der Waals surface area contributed by atoms with Gasteiger partial charge in [0.25, 0.3) is 6.43 Å². The Balaban J connectivity index is 3.42. The van der Waals surface area contributed by atoms with Gasteiger partial charge in [-0.1, -0.05) is 0 Å². The summed E-state index contributed by atoms with van der Waals surface area (Å²) in [5.74, 6) is -1.11. The van der Waals surface area contributed by atoms with Crippen LogP contribution in [0.1, 0.15) is 28.0 Å². The van der Waals surface area contributed by atoms with Gasteiger partial charge in [0.2, 0.25) is 0 Å². The summed E-state index contributed by atoms with van der Waals surface area (Å²) in [6.07, 6.45) is -1.83. The van der Waals surface area contributed by atoms with Crippen LogP contribution < -0.4 is 5.73 Å². The van der Waals surface area contributed by atoms with Crippen LogP contribution in [0.4, 0.5) is 14.5 Å². The number of pyridine rings is 1. The lowest BCUT2D eigenvalue weighted by Gasteiger charge is -2.12. The Morgan fingerprint density at radius 1 is 1.69 bits per heavy atom. The van der Waals surface area contributed by atoms with Crippen LogP contribution in [0.15, 0.2) is 6.20 Å². The number of nitrogens with two attached hydrogens (primary N) is 1. The lowest BCUT2D eigenvalue weighted by molar-refractivity contribution is 0.0592. The van der Waals surface area contributed by atoms with Gasteiger partial charge in [0.1, 0.15) is 0 Å². The number of esters is 1. The minimum absolute atomic E-state index is 0.0940. The molecule has 0 unspecified atom stereocenters. The number of nitrogen functional groups attached to an aromatic ring is 1. The molecule has 0 atom stereocenters. The Bertz CT molecular complexity index is 413. The molecule has 0 aliphatic rings. The first-order chi connectivity index (χ1) is 7.52. The average molecular weight is 251 g/mol. The highest BCUT2D eigenvalue weighted by atomic mass is 35.5. The first kappa shape index (κ1) is 12.6. The Kier molecular flexibility index (Phi) is 4.00. The smallest absolute Gasteiger partial charge is 0.356 e. The first-order valence-electron chi connectivity index (χ1n) is 4.22. The van der Waals surface area contributed by atoms with Gasteiger partial charge in [-0.25, -0.2) is 18.6 Å². The average Bonchev–Trinajstić information content (AvgIpc) is 2.26. The maximum Gasteiger partial charge on any atom is 0.356 e. The zero-order chi connectivity index (χ0) is 12.3. The highest BCUT2D eigenvalue weighted by Gasteiger charge is 2.23. The number of carbonyl (C=O) groups excluding carboxylic acids is 1. The molecule has 0 amide bonds. The minimum Gasteiger partial charge on any atom is -0.464 e. The third-order valence-corrected chi connectivity index (χ3v) is 2.25. The van der Waals surface area contributed by atoms with E-state index in [1.807, 2.05) is 0 Å². The van der Waals surface area contributed by atoms with E-state index in [-0.39, 0.29) is 22.8 Å². The molecule has 4 nitrogen and oxygen atoms in total. The maximum atomic E-state index is 12.7. The second-order valence-electron chi connectivity index (χ2n) is 2.88. The van der Waals surface area contributed by atoms with E-state index in [0.29, 0.717) is 0 Å². The van der Waals surface area contributed by atoms with Crippen LogP contribution in [0.5, 0.6) is 0 Å². The van der Waals surface area contributed by atoms with Crippen LogP contribution >= 0.6 is 11.6 Å². The first-order valence-corrected chi connectivity index (χ1v) is 4.76. The molecule has 0 aliphatic heterocycles. The minimum atomic E-state index is -2.82. The molecule has 0 bridgehead atoms. The largest absolute Gasteiger partial charge is 0.464 e. The van der Waals surface area contributed by atoms with E-state index in [2.05, 4.69) is 9.72 Å². The lowest BCUT2D eigenvalue weighted by atomic mass is 10.1. The lowest BCUT2D eigenvalue weighted by Crippen LogP contribution is -2.12. The molecule has 1 aromatic heterocycles. The molecule has 0 aliphatic carbocycles. The third kappa shape index (κ3) is 2.21. The van der Waals surface area contributed by atoms with E-state index in [1.54, 1.807) is 0 Å². The van der Waals surface area contributed by atoms with Gasteiger partial charge in [0, 0.05) is 11.1 Å². The van der Waals surface area contributed by atoms with Crippen molar-refractivity contribution in [1.82, 2.24) is 4.98 Å². The molecular weight excluding hydrogens is 242 g/mol. The molecule has 88 valence electrons. The van der Waals surface area contributed by atoms with E-state index < -0.39 is 18.0 Å². The van der Waals surface area contributed by atoms with Crippen molar-refractivity contribution in [3.8, 4) is 0 Å². The summed E-state index contributed by atoms with van der Waals surface area (Å²) in [6, 6.07) is 0. The number of alkyl halides is 3. The SMILES string of the molecule is COC(=O)c1ncc(N)c(C(F)F)c1CCl. The van der Waals surface area contributed by atoms with Crippen LogP contribution in [0.2, 0.25) is 0 Å². The highest BCUT2D eigenvalue weighted by Crippen LogP contribution is 2.31. The van der Waals surface area contributed by atoms with Gasteiger partial charge < -0.3 is 10.5 Å². The van der Waals surface area contributed by atoms with Crippen molar-refractivity contribution in [2.75, 3.05) is 12.8 Å². The molecule has 0 saturated heterocycles. The van der Waals surface area contributed by atoms with Gasteiger partial charge in [-0.2, -0.15) is 0 Å². The normalized spacial score (nSPS) is 10.6. The quantitative estimate of drug-likeness (QED) is 0.659. The fourth-order valence-corrected chi connectivity index (χ4v) is 1.52. The van der Waals surface area contributed by atoms with Gasteiger partial charge in [0.05, 0.1) is 24.9 Å². The standard InChI is InChI=1S/C9H9ClF2N2O2/c1-16-9(15)7-4(2-10)6(8(11)12)5(13)3-14-7/h3,8H,2,13H2,1H3. The molecule has 16 heavy (non-hydrogen) atoms. The zero-order valence-electron chi connectivity index (χ0n) is 8.34. The molecular formula is C9H9ClF2N2O2. The van der Waals surface area contributed by atoms with Crippen molar-refractivity contribution in [2.24, 2.45) is 0 Å². The molecule has 0 fully saturated rings. The molecule has 0 radical (unpaired) electrons. The molecule has 7 heteroatoms. The summed E-state index contributed by atoms with van der Waals surface area (Å²) in [5.41, 5.74) is 4.36. The van der Waals surface area contributed by atoms with Gasteiger partial charge in [0.15, 0.2) is 5.69 Å². The van der Waals surface area contributed by atoms with E-state index in [0.717, 1.165) is 13.3 Å². The second kappa shape index (κ2) is 5.07. The summed E-state index contributed by atoms with van der Waals surface area (Å²) in [4.78, 5) is 14.9.